The number of hydrogen-bond donors (Lipinski definition) is 2. The molecule has 5 heteroatoms. The number of rotatable bonds is 4. The molecular weight excluding hydrogens is 269 g/mol. The summed E-state index contributed by atoms with van der Waals surface area (Å²) in [6, 6.07) is 11.8. The minimum absolute atomic E-state index is 0.0711. The third-order valence-corrected chi connectivity index (χ3v) is 3.25. The number of aromatic nitrogens is 2. The molecule has 0 bridgehead atoms. The monoisotopic (exact) mass is 283 g/mol. The first-order chi connectivity index (χ1) is 10.2. The van der Waals surface area contributed by atoms with Crippen molar-refractivity contribution in [3.8, 4) is 0 Å². The van der Waals surface area contributed by atoms with E-state index in [-0.39, 0.29) is 11.7 Å². The first-order valence-corrected chi connectivity index (χ1v) is 6.64. The third kappa shape index (κ3) is 3.25. The fourth-order valence-electron chi connectivity index (χ4n) is 2.14. The van der Waals surface area contributed by atoms with Gasteiger partial charge < -0.3 is 10.3 Å². The average molecular weight is 283 g/mol. The molecule has 4 nitrogen and oxygen atoms in total. The Hall–Kier alpha value is -2.69. The predicted molar refractivity (Wildman–Crippen MR) is 78.0 cm³/mol. The molecule has 0 saturated heterocycles. The van der Waals surface area contributed by atoms with Crippen molar-refractivity contribution in [2.75, 3.05) is 0 Å². The Morgan fingerprint density at radius 1 is 1.14 bits per heavy atom. The second-order valence-electron chi connectivity index (χ2n) is 4.83. The van der Waals surface area contributed by atoms with Gasteiger partial charge in [-0.1, -0.05) is 18.2 Å². The highest BCUT2D eigenvalue weighted by Crippen LogP contribution is 2.12. The molecule has 0 fully saturated rings. The van der Waals surface area contributed by atoms with Crippen LogP contribution in [0.5, 0.6) is 0 Å². The summed E-state index contributed by atoms with van der Waals surface area (Å²) in [7, 11) is 0. The van der Waals surface area contributed by atoms with Gasteiger partial charge in [-0.3, -0.25) is 4.79 Å². The zero-order valence-electron chi connectivity index (χ0n) is 11.3. The minimum Gasteiger partial charge on any atom is -0.352 e. The third-order valence-electron chi connectivity index (χ3n) is 3.25. The first-order valence-electron chi connectivity index (χ1n) is 6.64. The van der Waals surface area contributed by atoms with Crippen LogP contribution in [0.1, 0.15) is 11.1 Å². The van der Waals surface area contributed by atoms with Crippen molar-refractivity contribution in [3.05, 3.63) is 65.7 Å². The number of carbonyl (C=O) groups is 1. The van der Waals surface area contributed by atoms with Gasteiger partial charge in [0.05, 0.1) is 23.8 Å². The first kappa shape index (κ1) is 13.3. The summed E-state index contributed by atoms with van der Waals surface area (Å²) < 4.78 is 12.8. The number of benzene rings is 2. The second kappa shape index (κ2) is 5.75. The molecule has 0 aliphatic rings. The maximum Gasteiger partial charge on any atom is 0.224 e. The highest BCUT2D eigenvalue weighted by Gasteiger charge is 2.05. The molecular formula is C16H14FN3O. The van der Waals surface area contributed by atoms with Gasteiger partial charge >= 0.3 is 0 Å². The van der Waals surface area contributed by atoms with Crippen LogP contribution in [0, 0.1) is 5.82 Å². The largest absolute Gasteiger partial charge is 0.352 e. The molecule has 2 aromatic carbocycles. The average Bonchev–Trinajstić information content (AvgIpc) is 2.94. The van der Waals surface area contributed by atoms with Crippen LogP contribution in [-0.4, -0.2) is 15.9 Å². The lowest BCUT2D eigenvalue weighted by atomic mass is 10.1. The molecule has 0 radical (unpaired) electrons. The SMILES string of the molecule is O=C(Cc1ccc2nc[nH]c2c1)NCc1ccc(F)cc1. The Morgan fingerprint density at radius 3 is 2.71 bits per heavy atom. The molecule has 2 N–H and O–H groups in total. The van der Waals surface area contributed by atoms with Gasteiger partial charge in [-0.2, -0.15) is 0 Å². The van der Waals surface area contributed by atoms with Crippen LogP contribution in [-0.2, 0) is 17.8 Å². The standard InChI is InChI=1S/C16H14FN3O/c17-13-4-1-11(2-5-13)9-18-16(21)8-12-3-6-14-15(7-12)20-10-19-14/h1-7,10H,8-9H2,(H,18,21)(H,19,20). The smallest absolute Gasteiger partial charge is 0.224 e. The fourth-order valence-corrected chi connectivity index (χ4v) is 2.14. The summed E-state index contributed by atoms with van der Waals surface area (Å²) in [5.74, 6) is -0.351. The van der Waals surface area contributed by atoms with Crippen LogP contribution in [0.3, 0.4) is 0 Å². The zero-order valence-corrected chi connectivity index (χ0v) is 11.3. The fraction of sp³-hybridized carbons (Fsp3) is 0.125. The number of aromatic amines is 1. The van der Waals surface area contributed by atoms with Crippen LogP contribution < -0.4 is 5.32 Å². The van der Waals surface area contributed by atoms with E-state index in [2.05, 4.69) is 15.3 Å². The number of nitrogens with one attached hydrogen (secondary N) is 2. The van der Waals surface area contributed by atoms with Crippen molar-refractivity contribution >= 4 is 16.9 Å². The Morgan fingerprint density at radius 2 is 1.90 bits per heavy atom. The van der Waals surface area contributed by atoms with Crippen molar-refractivity contribution < 1.29 is 9.18 Å². The number of H-pyrrole nitrogens is 1. The lowest BCUT2D eigenvalue weighted by Gasteiger charge is -2.05. The summed E-state index contributed by atoms with van der Waals surface area (Å²) in [6.45, 7) is 0.394. The molecule has 0 aliphatic carbocycles. The van der Waals surface area contributed by atoms with Gasteiger partial charge in [0, 0.05) is 6.54 Å². The molecule has 106 valence electrons. The molecule has 1 heterocycles. The summed E-state index contributed by atoms with van der Waals surface area (Å²) in [5.41, 5.74) is 3.58. The van der Waals surface area contributed by atoms with E-state index in [1.165, 1.54) is 12.1 Å². The molecule has 21 heavy (non-hydrogen) atoms. The topological polar surface area (TPSA) is 57.8 Å². The van der Waals surface area contributed by atoms with E-state index in [1.807, 2.05) is 18.2 Å². The van der Waals surface area contributed by atoms with Crippen molar-refractivity contribution in [3.63, 3.8) is 0 Å². The normalized spacial score (nSPS) is 10.7. The van der Waals surface area contributed by atoms with Crippen LogP contribution in [0.25, 0.3) is 11.0 Å². The van der Waals surface area contributed by atoms with Gasteiger partial charge in [-0.15, -0.1) is 0 Å². The zero-order chi connectivity index (χ0) is 14.7. The summed E-state index contributed by atoms with van der Waals surface area (Å²) in [4.78, 5) is 19.1. The van der Waals surface area contributed by atoms with Crippen molar-refractivity contribution in [2.24, 2.45) is 0 Å². The molecule has 3 rings (SSSR count). The number of imidazole rings is 1. The van der Waals surface area contributed by atoms with Gasteiger partial charge in [-0.25, -0.2) is 9.37 Å². The Kier molecular flexibility index (Phi) is 3.64. The van der Waals surface area contributed by atoms with Gasteiger partial charge in [-0.05, 0) is 35.4 Å². The number of carbonyl (C=O) groups excluding carboxylic acids is 1. The molecule has 0 unspecified atom stereocenters. The van der Waals surface area contributed by atoms with E-state index >= 15 is 0 Å². The maximum atomic E-state index is 12.8. The van der Waals surface area contributed by atoms with E-state index in [9.17, 15) is 9.18 Å². The Balaban J connectivity index is 1.59. The van der Waals surface area contributed by atoms with Crippen LogP contribution in [0.4, 0.5) is 4.39 Å². The van der Waals surface area contributed by atoms with E-state index < -0.39 is 0 Å². The van der Waals surface area contributed by atoms with Crippen molar-refractivity contribution in [1.82, 2.24) is 15.3 Å². The Bertz CT molecular complexity index is 765. The predicted octanol–water partition coefficient (Wildman–Crippen LogP) is 2.56. The summed E-state index contributed by atoms with van der Waals surface area (Å²) in [5, 5.41) is 2.82. The van der Waals surface area contributed by atoms with Gasteiger partial charge in [0.1, 0.15) is 5.82 Å². The minimum atomic E-state index is -0.280. The van der Waals surface area contributed by atoms with Gasteiger partial charge in [0.2, 0.25) is 5.91 Å². The van der Waals surface area contributed by atoms with Crippen LogP contribution in [0.2, 0.25) is 0 Å². The van der Waals surface area contributed by atoms with Crippen molar-refractivity contribution in [1.29, 1.82) is 0 Å². The van der Waals surface area contributed by atoms with Crippen LogP contribution >= 0.6 is 0 Å². The number of fused-ring (bicyclic) bond motifs is 1. The van der Waals surface area contributed by atoms with E-state index in [0.29, 0.717) is 13.0 Å². The van der Waals surface area contributed by atoms with Gasteiger partial charge in [0.25, 0.3) is 0 Å². The highest BCUT2D eigenvalue weighted by atomic mass is 19.1. The Labute approximate surface area is 121 Å². The lowest BCUT2D eigenvalue weighted by Crippen LogP contribution is -2.24. The van der Waals surface area contributed by atoms with E-state index in [0.717, 1.165) is 22.2 Å². The molecule has 1 amide bonds. The maximum absolute atomic E-state index is 12.8. The summed E-state index contributed by atoms with van der Waals surface area (Å²) in [6.07, 6.45) is 1.93. The molecule has 1 aromatic heterocycles. The number of nitrogens with zero attached hydrogens (tertiary/aromatic N) is 1. The van der Waals surface area contributed by atoms with E-state index in [4.69, 9.17) is 0 Å². The number of halogens is 1. The molecule has 3 aromatic rings. The molecule has 0 aliphatic heterocycles. The summed E-state index contributed by atoms with van der Waals surface area (Å²) >= 11 is 0. The van der Waals surface area contributed by atoms with Crippen molar-refractivity contribution in [2.45, 2.75) is 13.0 Å². The van der Waals surface area contributed by atoms with Crippen LogP contribution in [0.15, 0.2) is 48.8 Å². The number of amides is 1. The highest BCUT2D eigenvalue weighted by molar-refractivity contribution is 5.81. The molecule has 0 spiro atoms. The van der Waals surface area contributed by atoms with Gasteiger partial charge in [0.15, 0.2) is 0 Å². The number of hydrogen-bond acceptors (Lipinski definition) is 2. The molecule has 0 atom stereocenters. The van der Waals surface area contributed by atoms with E-state index in [1.54, 1.807) is 18.5 Å². The lowest BCUT2D eigenvalue weighted by molar-refractivity contribution is -0.120. The quantitative estimate of drug-likeness (QED) is 0.773. The second-order valence-corrected chi connectivity index (χ2v) is 4.83. The molecule has 0 saturated carbocycles.